The van der Waals surface area contributed by atoms with Crippen LogP contribution in [-0.4, -0.2) is 17.7 Å². The van der Waals surface area contributed by atoms with Crippen molar-refractivity contribution in [2.45, 2.75) is 77.7 Å². The lowest BCUT2D eigenvalue weighted by Gasteiger charge is -2.68. The molecule has 5 atom stereocenters. The van der Waals surface area contributed by atoms with Crippen LogP contribution in [0.2, 0.25) is 0 Å². The van der Waals surface area contributed by atoms with E-state index in [1.165, 1.54) is 32.1 Å². The second-order valence-corrected chi connectivity index (χ2v) is 8.55. The molecule has 4 bridgehead atoms. The third-order valence-corrected chi connectivity index (χ3v) is 6.82. The first-order valence-electron chi connectivity index (χ1n) is 8.92. The van der Waals surface area contributed by atoms with Crippen LogP contribution in [0.15, 0.2) is 0 Å². The Morgan fingerprint density at radius 2 is 1.91 bits per heavy atom. The average molecular weight is 310 g/mol. The first-order chi connectivity index (χ1) is 10.4. The Labute approximate surface area is 133 Å². The minimum atomic E-state index is -0.575. The summed E-state index contributed by atoms with van der Waals surface area (Å²) in [6, 6.07) is 0. The Kier molecular flexibility index (Phi) is 3.91. The van der Waals surface area contributed by atoms with Gasteiger partial charge in [0.15, 0.2) is 0 Å². The fourth-order valence-corrected chi connectivity index (χ4v) is 7.05. The zero-order valence-corrected chi connectivity index (χ0v) is 14.0. The van der Waals surface area contributed by atoms with Crippen LogP contribution in [0.3, 0.4) is 0 Å². The number of nitrogens with zero attached hydrogens (tertiary/aromatic N) is 1. The summed E-state index contributed by atoms with van der Waals surface area (Å²) in [5.74, 6) is 0.691. The Morgan fingerprint density at radius 1 is 1.23 bits per heavy atom. The molecular weight excluding hydrogens is 280 g/mol. The maximum atomic E-state index is 11.0. The lowest BCUT2D eigenvalue weighted by atomic mass is 9.38. The van der Waals surface area contributed by atoms with Gasteiger partial charge in [-0.25, -0.2) is 0 Å². The van der Waals surface area contributed by atoms with Crippen molar-refractivity contribution in [2.75, 3.05) is 6.54 Å². The molecule has 4 aliphatic carbocycles. The fraction of sp³-hybridized carbons (Fsp3) is 1.00. The van der Waals surface area contributed by atoms with Gasteiger partial charge in [-0.3, -0.25) is 0 Å². The Balaban J connectivity index is 1.96. The van der Waals surface area contributed by atoms with Crippen LogP contribution < -0.4 is 5.73 Å². The lowest BCUT2D eigenvalue weighted by Crippen LogP contribution is -2.62. The van der Waals surface area contributed by atoms with Crippen molar-refractivity contribution in [1.82, 2.24) is 0 Å². The van der Waals surface area contributed by atoms with Gasteiger partial charge in [-0.15, -0.1) is 10.1 Å². The van der Waals surface area contributed by atoms with Crippen LogP contribution >= 0.6 is 0 Å². The molecule has 4 fully saturated rings. The van der Waals surface area contributed by atoms with E-state index >= 15 is 0 Å². The van der Waals surface area contributed by atoms with Crippen LogP contribution in [0, 0.1) is 32.3 Å². The molecule has 5 heteroatoms. The summed E-state index contributed by atoms with van der Waals surface area (Å²) in [7, 11) is 0. The molecule has 0 heterocycles. The highest BCUT2D eigenvalue weighted by atomic mass is 17.0. The second-order valence-electron chi connectivity index (χ2n) is 8.55. The Morgan fingerprint density at radius 3 is 2.50 bits per heavy atom. The quantitative estimate of drug-likeness (QED) is 0.574. The van der Waals surface area contributed by atoms with Crippen molar-refractivity contribution in [1.29, 1.82) is 0 Å². The summed E-state index contributed by atoms with van der Waals surface area (Å²) in [4.78, 5) is 16.2. The molecule has 0 saturated heterocycles. The predicted molar refractivity (Wildman–Crippen MR) is 84.6 cm³/mol. The van der Waals surface area contributed by atoms with E-state index in [1.54, 1.807) is 0 Å². The summed E-state index contributed by atoms with van der Waals surface area (Å²) < 4.78 is 0. The smallest absolute Gasteiger partial charge is 0.294 e. The number of nitrogens with two attached hydrogens (primary N) is 1. The highest BCUT2D eigenvalue weighted by molar-refractivity contribution is 5.14. The van der Waals surface area contributed by atoms with Gasteiger partial charge in [-0.05, 0) is 80.1 Å². The largest absolute Gasteiger partial charge is 0.330 e. The number of rotatable bonds is 7. The second kappa shape index (κ2) is 5.36. The summed E-state index contributed by atoms with van der Waals surface area (Å²) in [5, 5.41) is 10.4. The summed E-state index contributed by atoms with van der Waals surface area (Å²) in [5.41, 5.74) is 6.76. The molecule has 4 rings (SSSR count). The van der Waals surface area contributed by atoms with Crippen LogP contribution in [0.4, 0.5) is 0 Å². The van der Waals surface area contributed by atoms with Crippen molar-refractivity contribution >= 4 is 0 Å². The maximum Gasteiger partial charge on any atom is 0.294 e. The van der Waals surface area contributed by atoms with E-state index in [0.29, 0.717) is 11.3 Å². The van der Waals surface area contributed by atoms with E-state index in [4.69, 9.17) is 10.6 Å². The highest BCUT2D eigenvalue weighted by Crippen LogP contribution is 2.71. The highest BCUT2D eigenvalue weighted by Gasteiger charge is 2.64. The zero-order chi connectivity index (χ0) is 16.0. The minimum absolute atomic E-state index is 0.0181. The van der Waals surface area contributed by atoms with E-state index in [-0.39, 0.29) is 16.9 Å². The number of hydrogen-bond acceptors (Lipinski definition) is 4. The standard InChI is InChI=1S/C17H30N2O3/c1-3-5-15-6-13-7-16(9-15,12-18)11-17(8-13,10-15)14(4-2)22-19(20)21/h13-14H,3-12,18H2,1-2H3. The Bertz CT molecular complexity index is 457. The lowest BCUT2D eigenvalue weighted by molar-refractivity contribution is -0.773. The van der Waals surface area contributed by atoms with Gasteiger partial charge in [-0.2, -0.15) is 0 Å². The molecule has 22 heavy (non-hydrogen) atoms. The van der Waals surface area contributed by atoms with Crippen molar-refractivity contribution in [3.8, 4) is 0 Å². The van der Waals surface area contributed by atoms with Gasteiger partial charge in [0.05, 0.1) is 0 Å². The van der Waals surface area contributed by atoms with Crippen LogP contribution in [-0.2, 0) is 4.84 Å². The zero-order valence-electron chi connectivity index (χ0n) is 14.0. The maximum absolute atomic E-state index is 11.0. The molecule has 4 saturated carbocycles. The molecule has 126 valence electrons. The molecule has 0 aromatic rings. The van der Waals surface area contributed by atoms with E-state index in [1.807, 2.05) is 6.92 Å². The third-order valence-electron chi connectivity index (χ3n) is 6.82. The van der Waals surface area contributed by atoms with Crippen molar-refractivity contribution in [3.05, 3.63) is 10.1 Å². The monoisotopic (exact) mass is 310 g/mol. The van der Waals surface area contributed by atoms with Gasteiger partial charge in [-0.1, -0.05) is 20.3 Å². The number of hydrogen-bond donors (Lipinski definition) is 1. The Hall–Kier alpha value is -0.840. The van der Waals surface area contributed by atoms with Crippen LogP contribution in [0.25, 0.3) is 0 Å². The van der Waals surface area contributed by atoms with Crippen LogP contribution in [0.1, 0.15) is 71.6 Å². The molecule has 0 aromatic carbocycles. The molecule has 0 aromatic heterocycles. The van der Waals surface area contributed by atoms with Crippen LogP contribution in [0.5, 0.6) is 0 Å². The van der Waals surface area contributed by atoms with Gasteiger partial charge in [0.2, 0.25) is 0 Å². The first kappa shape index (κ1) is 16.0. The summed E-state index contributed by atoms with van der Waals surface area (Å²) in [6.45, 7) is 5.01. The van der Waals surface area contributed by atoms with Gasteiger partial charge in [0.1, 0.15) is 6.10 Å². The van der Waals surface area contributed by atoms with Crippen molar-refractivity contribution in [3.63, 3.8) is 0 Å². The van der Waals surface area contributed by atoms with E-state index in [2.05, 4.69) is 6.92 Å². The molecule has 0 spiro atoms. The summed E-state index contributed by atoms with van der Waals surface area (Å²) in [6.07, 6.45) is 9.90. The fourth-order valence-electron chi connectivity index (χ4n) is 7.05. The summed E-state index contributed by atoms with van der Waals surface area (Å²) >= 11 is 0. The van der Waals surface area contributed by atoms with Gasteiger partial charge < -0.3 is 10.6 Å². The predicted octanol–water partition coefficient (Wildman–Crippen LogP) is 3.69. The molecule has 4 aliphatic rings. The third kappa shape index (κ3) is 2.41. The molecule has 0 aliphatic heterocycles. The normalized spacial score (nSPS) is 44.0. The first-order valence-corrected chi connectivity index (χ1v) is 8.92. The van der Waals surface area contributed by atoms with E-state index < -0.39 is 5.09 Å². The minimum Gasteiger partial charge on any atom is -0.330 e. The van der Waals surface area contributed by atoms with Crippen molar-refractivity contribution < 1.29 is 9.92 Å². The SMILES string of the molecule is CCCC12CC3CC(CN)(C1)CC(C(CC)O[N+](=O)[O-])(C3)C2. The molecular formula is C17H30N2O3. The van der Waals surface area contributed by atoms with Gasteiger partial charge in [0, 0.05) is 0 Å². The van der Waals surface area contributed by atoms with Gasteiger partial charge in [0.25, 0.3) is 5.09 Å². The van der Waals surface area contributed by atoms with E-state index in [9.17, 15) is 10.1 Å². The van der Waals surface area contributed by atoms with Gasteiger partial charge >= 0.3 is 0 Å². The molecule has 5 unspecified atom stereocenters. The molecule has 0 amide bonds. The topological polar surface area (TPSA) is 78.4 Å². The molecule has 2 N–H and O–H groups in total. The van der Waals surface area contributed by atoms with Crippen molar-refractivity contribution in [2.24, 2.45) is 27.9 Å². The average Bonchev–Trinajstić information content (AvgIpc) is 2.43. The van der Waals surface area contributed by atoms with E-state index in [0.717, 1.165) is 32.2 Å². The molecule has 5 nitrogen and oxygen atoms in total. The molecule has 0 radical (unpaired) electrons.